The van der Waals surface area contributed by atoms with Crippen LogP contribution < -0.4 is 5.32 Å². The summed E-state index contributed by atoms with van der Waals surface area (Å²) in [5, 5.41) is 5.13. The summed E-state index contributed by atoms with van der Waals surface area (Å²) < 4.78 is 0. The summed E-state index contributed by atoms with van der Waals surface area (Å²) >= 11 is 0. The molecule has 1 aromatic carbocycles. The van der Waals surface area contributed by atoms with Crippen molar-refractivity contribution in [3.05, 3.63) is 35.5 Å². The lowest BCUT2D eigenvalue weighted by atomic mass is 9.97. The summed E-state index contributed by atoms with van der Waals surface area (Å²) in [5.41, 5.74) is 4.26. The lowest BCUT2D eigenvalue weighted by molar-refractivity contribution is 0.288. The van der Waals surface area contributed by atoms with E-state index in [1.165, 1.54) is 48.1 Å². The van der Waals surface area contributed by atoms with Crippen molar-refractivity contribution in [1.29, 1.82) is 0 Å². The number of hydrogen-bond donors (Lipinski definition) is 2. The van der Waals surface area contributed by atoms with Crippen LogP contribution in [0.3, 0.4) is 0 Å². The van der Waals surface area contributed by atoms with Crippen molar-refractivity contribution in [2.45, 2.75) is 25.3 Å². The molecule has 19 heavy (non-hydrogen) atoms. The minimum Gasteiger partial charge on any atom is -0.358 e. The first-order chi connectivity index (χ1) is 9.42. The zero-order valence-electron chi connectivity index (χ0n) is 11.3. The third-order valence-electron chi connectivity index (χ3n) is 4.58. The highest BCUT2D eigenvalue weighted by Crippen LogP contribution is 2.31. The van der Waals surface area contributed by atoms with Gasteiger partial charge in [-0.05, 0) is 37.6 Å². The van der Waals surface area contributed by atoms with E-state index >= 15 is 0 Å². The van der Waals surface area contributed by atoms with E-state index in [-0.39, 0.29) is 0 Å². The van der Waals surface area contributed by atoms with Crippen LogP contribution in [-0.4, -0.2) is 36.1 Å². The van der Waals surface area contributed by atoms with Crippen molar-refractivity contribution in [1.82, 2.24) is 15.2 Å². The lowest BCUT2D eigenvalue weighted by Gasteiger charge is -2.28. The highest BCUT2D eigenvalue weighted by molar-refractivity contribution is 5.85. The molecule has 0 spiro atoms. The summed E-state index contributed by atoms with van der Waals surface area (Å²) in [7, 11) is 0. The molecule has 3 heteroatoms. The Hall–Kier alpha value is -1.32. The first-order valence-corrected chi connectivity index (χ1v) is 7.47. The van der Waals surface area contributed by atoms with Crippen LogP contribution in [0.15, 0.2) is 24.3 Å². The fraction of sp³-hybridized carbons (Fsp3) is 0.500. The maximum absolute atomic E-state index is 3.72. The second-order valence-electron chi connectivity index (χ2n) is 5.83. The lowest BCUT2D eigenvalue weighted by Crippen LogP contribution is -2.37. The Morgan fingerprint density at radius 3 is 2.89 bits per heavy atom. The number of hydrogen-bond acceptors (Lipinski definition) is 2. The van der Waals surface area contributed by atoms with Gasteiger partial charge in [0.05, 0.1) is 0 Å². The molecule has 0 saturated carbocycles. The van der Waals surface area contributed by atoms with Crippen molar-refractivity contribution in [3.63, 3.8) is 0 Å². The van der Waals surface area contributed by atoms with E-state index < -0.39 is 0 Å². The fourth-order valence-corrected chi connectivity index (χ4v) is 3.67. The van der Waals surface area contributed by atoms with E-state index in [2.05, 4.69) is 39.5 Å². The van der Waals surface area contributed by atoms with E-state index in [0.29, 0.717) is 6.04 Å². The first-order valence-electron chi connectivity index (χ1n) is 7.47. The Balaban J connectivity index is 1.71. The maximum atomic E-state index is 3.72. The summed E-state index contributed by atoms with van der Waals surface area (Å²) in [5.74, 6) is 0. The maximum Gasteiger partial charge on any atom is 0.0473 e. The van der Waals surface area contributed by atoms with Crippen LogP contribution in [0.5, 0.6) is 0 Å². The van der Waals surface area contributed by atoms with Gasteiger partial charge in [-0.3, -0.25) is 0 Å². The summed E-state index contributed by atoms with van der Waals surface area (Å²) in [6.07, 6.45) is 3.86. The van der Waals surface area contributed by atoms with Crippen LogP contribution in [-0.2, 0) is 6.42 Å². The highest BCUT2D eigenvalue weighted by Gasteiger charge is 2.26. The van der Waals surface area contributed by atoms with Gasteiger partial charge in [0, 0.05) is 42.1 Å². The molecule has 1 fully saturated rings. The molecule has 4 rings (SSSR count). The van der Waals surface area contributed by atoms with Gasteiger partial charge in [0.2, 0.25) is 0 Å². The number of aromatic amines is 1. The number of H-pyrrole nitrogens is 1. The second kappa shape index (κ2) is 4.66. The Morgan fingerprint density at radius 1 is 1.16 bits per heavy atom. The first kappa shape index (κ1) is 11.5. The van der Waals surface area contributed by atoms with E-state index in [9.17, 15) is 0 Å². The summed E-state index contributed by atoms with van der Waals surface area (Å²) in [6.45, 7) is 4.80. The second-order valence-corrected chi connectivity index (χ2v) is 5.83. The van der Waals surface area contributed by atoms with Crippen LogP contribution in [0.2, 0.25) is 0 Å². The van der Waals surface area contributed by atoms with Crippen molar-refractivity contribution >= 4 is 10.9 Å². The number of benzene rings is 1. The number of likely N-dealkylation sites (tertiary alicyclic amines) is 1. The summed E-state index contributed by atoms with van der Waals surface area (Å²) in [4.78, 5) is 6.22. The largest absolute Gasteiger partial charge is 0.358 e. The molecule has 0 aliphatic carbocycles. The Kier molecular flexibility index (Phi) is 2.82. The topological polar surface area (TPSA) is 31.1 Å². The van der Waals surface area contributed by atoms with Gasteiger partial charge in [-0.1, -0.05) is 18.2 Å². The van der Waals surface area contributed by atoms with Gasteiger partial charge in [-0.2, -0.15) is 0 Å². The molecule has 1 unspecified atom stereocenters. The van der Waals surface area contributed by atoms with E-state index in [1.54, 1.807) is 0 Å². The zero-order valence-corrected chi connectivity index (χ0v) is 11.3. The molecular formula is C16H21N3. The number of fused-ring (bicyclic) bond motifs is 3. The number of nitrogens with zero attached hydrogens (tertiary/aromatic N) is 1. The number of para-hydroxylation sites is 1. The Labute approximate surface area is 114 Å². The van der Waals surface area contributed by atoms with Crippen LogP contribution in [0.1, 0.15) is 30.1 Å². The molecule has 0 amide bonds. The molecule has 2 aromatic rings. The van der Waals surface area contributed by atoms with E-state index in [0.717, 1.165) is 19.5 Å². The molecule has 3 nitrogen and oxygen atoms in total. The van der Waals surface area contributed by atoms with Crippen LogP contribution >= 0.6 is 0 Å². The van der Waals surface area contributed by atoms with Gasteiger partial charge >= 0.3 is 0 Å². The van der Waals surface area contributed by atoms with Crippen molar-refractivity contribution in [2.75, 3.05) is 26.2 Å². The van der Waals surface area contributed by atoms with Gasteiger partial charge in [0.25, 0.3) is 0 Å². The molecule has 2 aliphatic rings. The van der Waals surface area contributed by atoms with Gasteiger partial charge in [0.15, 0.2) is 0 Å². The van der Waals surface area contributed by atoms with Crippen molar-refractivity contribution in [2.24, 2.45) is 0 Å². The molecule has 1 saturated heterocycles. The van der Waals surface area contributed by atoms with Crippen LogP contribution in [0.4, 0.5) is 0 Å². The minimum absolute atomic E-state index is 0.498. The van der Waals surface area contributed by atoms with Crippen LogP contribution in [0, 0.1) is 0 Å². The Morgan fingerprint density at radius 2 is 2.00 bits per heavy atom. The average Bonchev–Trinajstić information content (AvgIpc) is 3.05. The van der Waals surface area contributed by atoms with E-state index in [1.807, 2.05) is 0 Å². The third-order valence-corrected chi connectivity index (χ3v) is 4.58. The molecule has 3 heterocycles. The van der Waals surface area contributed by atoms with Crippen molar-refractivity contribution < 1.29 is 0 Å². The predicted octanol–water partition coefficient (Wildman–Crippen LogP) is 2.45. The molecule has 0 radical (unpaired) electrons. The van der Waals surface area contributed by atoms with Gasteiger partial charge in [0.1, 0.15) is 0 Å². The normalized spacial score (nSPS) is 23.9. The quantitative estimate of drug-likeness (QED) is 0.863. The molecule has 0 bridgehead atoms. The number of rotatable bonds is 2. The number of nitrogens with one attached hydrogen (secondary N) is 2. The summed E-state index contributed by atoms with van der Waals surface area (Å²) in [6, 6.07) is 9.22. The Bertz CT molecular complexity index is 581. The third kappa shape index (κ3) is 1.97. The average molecular weight is 255 g/mol. The zero-order chi connectivity index (χ0) is 12.7. The van der Waals surface area contributed by atoms with Crippen molar-refractivity contribution in [3.8, 4) is 0 Å². The highest BCUT2D eigenvalue weighted by atomic mass is 15.2. The minimum atomic E-state index is 0.498. The van der Waals surface area contributed by atoms with E-state index in [4.69, 9.17) is 0 Å². The van der Waals surface area contributed by atoms with Gasteiger partial charge in [-0.25, -0.2) is 0 Å². The molecule has 2 N–H and O–H groups in total. The van der Waals surface area contributed by atoms with Gasteiger partial charge < -0.3 is 15.2 Å². The smallest absolute Gasteiger partial charge is 0.0473 e. The van der Waals surface area contributed by atoms with Crippen LogP contribution in [0.25, 0.3) is 10.9 Å². The standard InChI is InChI=1S/C16H21N3/c1-2-6-13-12(5-1)16-14(18-13)7-8-17-15(16)11-19-9-3-4-10-19/h1-2,5-6,15,17-18H,3-4,7-11H2. The molecule has 1 atom stereocenters. The number of aromatic nitrogens is 1. The molecule has 2 aliphatic heterocycles. The monoisotopic (exact) mass is 255 g/mol. The molecular weight excluding hydrogens is 234 g/mol. The predicted molar refractivity (Wildman–Crippen MR) is 78.4 cm³/mol. The SMILES string of the molecule is c1ccc2c3c([nH]c2c1)CCNC3CN1CCCC1. The fourth-order valence-electron chi connectivity index (χ4n) is 3.67. The van der Waals surface area contributed by atoms with Gasteiger partial charge in [-0.15, -0.1) is 0 Å². The molecule has 1 aromatic heterocycles. The molecule has 100 valence electrons.